The van der Waals surface area contributed by atoms with Crippen molar-refractivity contribution in [2.75, 3.05) is 25.0 Å². The van der Waals surface area contributed by atoms with E-state index in [2.05, 4.69) is 20.3 Å². The number of nitrogens with one attached hydrogen (secondary N) is 1. The number of likely N-dealkylation sites (tertiary alicyclic amines) is 1. The number of fused-ring (bicyclic) bond motifs is 1. The highest BCUT2D eigenvalue weighted by molar-refractivity contribution is 5.51. The molecule has 1 saturated carbocycles. The third-order valence-electron chi connectivity index (χ3n) is 7.27. The van der Waals surface area contributed by atoms with Crippen molar-refractivity contribution < 1.29 is 35.8 Å². The van der Waals surface area contributed by atoms with Gasteiger partial charge in [-0.25, -0.2) is 9.37 Å². The molecule has 1 aromatic carbocycles. The van der Waals surface area contributed by atoms with Crippen LogP contribution in [0.5, 0.6) is 0 Å². The quantitative estimate of drug-likeness (QED) is 0.438. The molecule has 1 aliphatic heterocycles. The molecular formula is C24H24F7N5O. The largest absolute Gasteiger partial charge is 0.435 e. The number of benzene rings is 1. The Labute approximate surface area is 207 Å². The molecule has 2 N–H and O–H groups in total. The fraction of sp³-hybridized carbons (Fsp3) is 0.500. The number of aliphatic hydroxyl groups is 1. The van der Waals surface area contributed by atoms with Crippen molar-refractivity contribution in [3.8, 4) is 0 Å². The minimum atomic E-state index is -4.88. The summed E-state index contributed by atoms with van der Waals surface area (Å²) in [5.74, 6) is -0.741. The average Bonchev–Trinajstić information content (AvgIpc) is 3.25. The van der Waals surface area contributed by atoms with Gasteiger partial charge < -0.3 is 10.4 Å². The zero-order valence-electron chi connectivity index (χ0n) is 19.5. The lowest BCUT2D eigenvalue weighted by Crippen LogP contribution is -2.59. The van der Waals surface area contributed by atoms with E-state index in [0.29, 0.717) is 48.1 Å². The molecule has 1 atom stereocenters. The number of hydrogen-bond acceptors (Lipinski definition) is 5. The van der Waals surface area contributed by atoms with Crippen LogP contribution >= 0.6 is 0 Å². The van der Waals surface area contributed by atoms with Crippen molar-refractivity contribution >= 4 is 11.5 Å². The summed E-state index contributed by atoms with van der Waals surface area (Å²) in [6, 6.07) is 6.42. The Morgan fingerprint density at radius 3 is 2.19 bits per heavy atom. The summed E-state index contributed by atoms with van der Waals surface area (Å²) in [5, 5.41) is 16.1. The van der Waals surface area contributed by atoms with Gasteiger partial charge in [0.15, 0.2) is 17.0 Å². The summed E-state index contributed by atoms with van der Waals surface area (Å²) in [7, 11) is 0. The van der Waals surface area contributed by atoms with E-state index >= 15 is 0 Å². The van der Waals surface area contributed by atoms with Crippen molar-refractivity contribution in [2.24, 2.45) is 5.41 Å². The molecule has 1 spiro atoms. The third-order valence-corrected chi connectivity index (χ3v) is 7.27. The van der Waals surface area contributed by atoms with Gasteiger partial charge in [0.2, 0.25) is 0 Å². The first-order chi connectivity index (χ1) is 17.3. The van der Waals surface area contributed by atoms with Crippen LogP contribution in [0, 0.1) is 11.2 Å². The normalized spacial score (nSPS) is 19.8. The number of nitrogens with zero attached hydrogens (tertiary/aromatic N) is 4. The van der Waals surface area contributed by atoms with Crippen molar-refractivity contribution in [3.05, 3.63) is 59.2 Å². The van der Waals surface area contributed by atoms with Crippen molar-refractivity contribution in [3.63, 3.8) is 0 Å². The van der Waals surface area contributed by atoms with Gasteiger partial charge in [-0.05, 0) is 48.8 Å². The van der Waals surface area contributed by atoms with E-state index in [9.17, 15) is 35.8 Å². The Kier molecular flexibility index (Phi) is 6.34. The molecule has 0 amide bonds. The molecule has 3 aromatic rings. The van der Waals surface area contributed by atoms with E-state index in [1.54, 1.807) is 12.1 Å². The van der Waals surface area contributed by atoms with Crippen LogP contribution in [0.3, 0.4) is 0 Å². The number of alkyl halides is 6. The predicted octanol–water partition coefficient (Wildman–Crippen LogP) is 5.30. The molecule has 0 unspecified atom stereocenters. The Hall–Kier alpha value is -2.93. The van der Waals surface area contributed by atoms with Crippen LogP contribution in [0.2, 0.25) is 0 Å². The Morgan fingerprint density at radius 2 is 1.59 bits per heavy atom. The number of rotatable bonds is 5. The van der Waals surface area contributed by atoms with Gasteiger partial charge in [0.1, 0.15) is 11.6 Å². The fourth-order valence-electron chi connectivity index (χ4n) is 5.29. The Morgan fingerprint density at radius 1 is 0.973 bits per heavy atom. The first kappa shape index (κ1) is 25.7. The number of aliphatic hydroxyl groups excluding tert-OH is 1. The molecule has 0 radical (unpaired) electrons. The highest BCUT2D eigenvalue weighted by Gasteiger charge is 2.47. The molecule has 37 heavy (non-hydrogen) atoms. The Balaban J connectivity index is 1.44. The van der Waals surface area contributed by atoms with Gasteiger partial charge >= 0.3 is 12.4 Å². The van der Waals surface area contributed by atoms with E-state index in [4.69, 9.17) is 0 Å². The molecule has 13 heteroatoms. The van der Waals surface area contributed by atoms with E-state index in [1.807, 2.05) is 0 Å². The monoisotopic (exact) mass is 531 g/mol. The first-order valence-electron chi connectivity index (χ1n) is 11.8. The van der Waals surface area contributed by atoms with Crippen molar-refractivity contribution in [1.29, 1.82) is 0 Å². The zero-order chi connectivity index (χ0) is 26.6. The van der Waals surface area contributed by atoms with Gasteiger partial charge in [-0.3, -0.25) is 4.90 Å². The maximum absolute atomic E-state index is 13.6. The summed E-state index contributed by atoms with van der Waals surface area (Å²) in [6.07, 6.45) is -6.97. The zero-order valence-corrected chi connectivity index (χ0v) is 19.5. The van der Waals surface area contributed by atoms with E-state index in [0.717, 1.165) is 12.8 Å². The molecular weight excluding hydrogens is 507 g/mol. The van der Waals surface area contributed by atoms with Crippen LogP contribution in [0.25, 0.3) is 5.65 Å². The van der Waals surface area contributed by atoms with Crippen LogP contribution in [0.15, 0.2) is 36.4 Å². The molecule has 5 rings (SSSR count). The van der Waals surface area contributed by atoms with Crippen molar-refractivity contribution in [2.45, 2.75) is 50.2 Å². The maximum Gasteiger partial charge on any atom is 0.435 e. The molecule has 6 nitrogen and oxygen atoms in total. The molecule has 0 bridgehead atoms. The minimum absolute atomic E-state index is 0.0297. The van der Waals surface area contributed by atoms with Gasteiger partial charge in [0.05, 0.1) is 12.1 Å². The standard InChI is InChI=1S/C24H24F7N5O/c25-15-3-1-14(2-4-15)17(35-12-22(13-35)7-5-16(37)6-8-22)11-32-20-9-18(23(26,27)28)33-21-10-19(24(29,30)31)34-36(20)21/h1-4,9-10,16-17,32,37H,5-8,11-13H2/t17-/m1/s1. The highest BCUT2D eigenvalue weighted by Crippen LogP contribution is 2.47. The van der Waals surface area contributed by atoms with Crippen molar-refractivity contribution in [1.82, 2.24) is 19.5 Å². The number of hydrogen-bond donors (Lipinski definition) is 2. The summed E-state index contributed by atoms with van der Waals surface area (Å²) in [6.45, 7) is 1.40. The minimum Gasteiger partial charge on any atom is -0.393 e. The smallest absolute Gasteiger partial charge is 0.393 e. The lowest BCUT2D eigenvalue weighted by atomic mass is 9.67. The molecule has 3 heterocycles. The summed E-state index contributed by atoms with van der Waals surface area (Å²) in [4.78, 5) is 5.43. The lowest BCUT2D eigenvalue weighted by Gasteiger charge is -2.56. The second-order valence-corrected chi connectivity index (χ2v) is 9.91. The molecule has 2 aromatic heterocycles. The maximum atomic E-state index is 13.6. The first-order valence-corrected chi connectivity index (χ1v) is 11.8. The topological polar surface area (TPSA) is 65.7 Å². The van der Waals surface area contributed by atoms with Crippen LogP contribution in [-0.2, 0) is 12.4 Å². The molecule has 2 aliphatic rings. The summed E-state index contributed by atoms with van der Waals surface area (Å²) in [5.41, 5.74) is -2.56. The molecule has 200 valence electrons. The van der Waals surface area contributed by atoms with Crippen LogP contribution < -0.4 is 5.32 Å². The van der Waals surface area contributed by atoms with Crippen LogP contribution in [0.4, 0.5) is 36.6 Å². The fourth-order valence-corrected chi connectivity index (χ4v) is 5.29. The molecule has 1 saturated heterocycles. The number of anilines is 1. The van der Waals surface area contributed by atoms with Gasteiger partial charge in [-0.15, -0.1) is 0 Å². The van der Waals surface area contributed by atoms with E-state index in [1.165, 1.54) is 12.1 Å². The predicted molar refractivity (Wildman–Crippen MR) is 119 cm³/mol. The third kappa shape index (κ3) is 5.24. The lowest BCUT2D eigenvalue weighted by molar-refractivity contribution is -0.142. The van der Waals surface area contributed by atoms with Crippen LogP contribution in [0.1, 0.15) is 48.7 Å². The van der Waals surface area contributed by atoms with Gasteiger partial charge in [0.25, 0.3) is 0 Å². The summed E-state index contributed by atoms with van der Waals surface area (Å²) >= 11 is 0. The van der Waals surface area contributed by atoms with Gasteiger partial charge in [-0.1, -0.05) is 12.1 Å². The second-order valence-electron chi connectivity index (χ2n) is 9.91. The SMILES string of the molecule is OC1CCC2(CC1)CN([C@H](CNc1cc(C(F)(F)F)nc3cc(C(F)(F)F)nn13)c1ccc(F)cc1)C2. The van der Waals surface area contributed by atoms with Crippen LogP contribution in [-0.4, -0.2) is 50.3 Å². The van der Waals surface area contributed by atoms with Gasteiger partial charge in [-0.2, -0.15) is 36.0 Å². The van der Waals surface area contributed by atoms with Gasteiger partial charge in [0, 0.05) is 31.8 Å². The Bertz CT molecular complexity index is 1260. The number of aromatic nitrogens is 3. The summed E-state index contributed by atoms with van der Waals surface area (Å²) < 4.78 is 94.3. The second kappa shape index (κ2) is 9.12. The molecule has 2 fully saturated rings. The average molecular weight is 531 g/mol. The van der Waals surface area contributed by atoms with E-state index in [-0.39, 0.29) is 23.9 Å². The molecule has 1 aliphatic carbocycles. The number of halogens is 7. The highest BCUT2D eigenvalue weighted by atomic mass is 19.4. The van der Waals surface area contributed by atoms with E-state index < -0.39 is 41.2 Å².